The zero-order valence-electron chi connectivity index (χ0n) is 11.7. The van der Waals surface area contributed by atoms with Gasteiger partial charge in [-0.3, -0.25) is 0 Å². The second-order valence-corrected chi connectivity index (χ2v) is 5.12. The molecule has 0 aliphatic carbocycles. The summed E-state index contributed by atoms with van der Waals surface area (Å²) in [6.45, 7) is 3.07. The molecule has 3 rings (SSSR count). The molecule has 0 radical (unpaired) electrons. The zero-order chi connectivity index (χ0) is 14.7. The lowest BCUT2D eigenvalue weighted by Crippen LogP contribution is -2.35. The van der Waals surface area contributed by atoms with Crippen LogP contribution in [0.15, 0.2) is 30.3 Å². The van der Waals surface area contributed by atoms with Crippen LogP contribution in [0.5, 0.6) is 11.5 Å². The summed E-state index contributed by atoms with van der Waals surface area (Å²) < 4.78 is 11.5. The second-order valence-electron chi connectivity index (χ2n) is 4.74. The Labute approximate surface area is 128 Å². The number of nitrogens with zero attached hydrogens (tertiary/aromatic N) is 2. The maximum Gasteiger partial charge on any atom is 0.224 e. The van der Waals surface area contributed by atoms with Crippen LogP contribution in [0.2, 0.25) is 5.15 Å². The summed E-state index contributed by atoms with van der Waals surface area (Å²) in [5.41, 5.74) is 0.906. The average Bonchev–Trinajstić information content (AvgIpc) is 2.52. The summed E-state index contributed by atoms with van der Waals surface area (Å²) in [4.78, 5) is 8.54. The first-order chi connectivity index (χ1) is 10.2. The number of benzene rings is 1. The van der Waals surface area contributed by atoms with Crippen molar-refractivity contribution in [1.82, 2.24) is 9.97 Å². The van der Waals surface area contributed by atoms with Gasteiger partial charge in [0.25, 0.3) is 0 Å². The number of para-hydroxylation sites is 2. The number of rotatable bonds is 4. The summed E-state index contributed by atoms with van der Waals surface area (Å²) in [6.07, 6.45) is 0.723. The number of anilines is 1. The van der Waals surface area contributed by atoms with E-state index in [1.807, 2.05) is 31.2 Å². The second kappa shape index (κ2) is 6.18. The van der Waals surface area contributed by atoms with Gasteiger partial charge in [-0.25, -0.2) is 9.97 Å². The molecule has 0 spiro atoms. The number of aromatic nitrogens is 2. The van der Waals surface area contributed by atoms with Gasteiger partial charge in [0, 0.05) is 5.69 Å². The minimum absolute atomic E-state index is 0.0902. The highest BCUT2D eigenvalue weighted by molar-refractivity contribution is 6.29. The summed E-state index contributed by atoms with van der Waals surface area (Å²) in [5, 5.41) is 3.59. The first-order valence-electron chi connectivity index (χ1n) is 6.90. The molecule has 1 aliphatic rings. The Bertz CT molecular complexity index is 636. The van der Waals surface area contributed by atoms with E-state index < -0.39 is 0 Å². The number of hydrogen-bond acceptors (Lipinski definition) is 5. The molecule has 2 heterocycles. The van der Waals surface area contributed by atoms with Crippen molar-refractivity contribution in [3.8, 4) is 11.5 Å². The smallest absolute Gasteiger partial charge is 0.224 e. The van der Waals surface area contributed by atoms with E-state index >= 15 is 0 Å². The minimum atomic E-state index is -0.0902. The van der Waals surface area contributed by atoms with E-state index in [4.69, 9.17) is 21.1 Å². The minimum Gasteiger partial charge on any atom is -0.486 e. The molecule has 0 fully saturated rings. The van der Waals surface area contributed by atoms with Crippen molar-refractivity contribution in [2.24, 2.45) is 0 Å². The molecule has 0 saturated heterocycles. The van der Waals surface area contributed by atoms with Gasteiger partial charge < -0.3 is 14.8 Å². The van der Waals surface area contributed by atoms with Crippen LogP contribution in [0.25, 0.3) is 0 Å². The van der Waals surface area contributed by atoms with E-state index in [0.29, 0.717) is 24.3 Å². The van der Waals surface area contributed by atoms with Crippen LogP contribution in [0.1, 0.15) is 12.6 Å². The first kappa shape index (κ1) is 13.9. The van der Waals surface area contributed by atoms with Crippen molar-refractivity contribution in [2.45, 2.75) is 19.4 Å². The molecule has 0 saturated carbocycles. The van der Waals surface area contributed by atoms with Crippen LogP contribution in [-0.2, 0) is 6.42 Å². The Morgan fingerprint density at radius 1 is 1.29 bits per heavy atom. The Morgan fingerprint density at radius 2 is 2.10 bits per heavy atom. The van der Waals surface area contributed by atoms with Gasteiger partial charge in [-0.05, 0) is 24.6 Å². The lowest BCUT2D eigenvalue weighted by atomic mass is 10.2. The van der Waals surface area contributed by atoms with Gasteiger partial charge in [-0.15, -0.1) is 0 Å². The molecule has 21 heavy (non-hydrogen) atoms. The lowest BCUT2D eigenvalue weighted by molar-refractivity contribution is 0.0996. The van der Waals surface area contributed by atoms with Crippen LogP contribution in [0.4, 0.5) is 5.95 Å². The van der Waals surface area contributed by atoms with Gasteiger partial charge in [0.2, 0.25) is 5.95 Å². The standard InChI is InChI=1S/C15H16ClN3O2/c1-2-10-7-14(16)19-15(18-10)17-8-11-9-20-12-5-3-4-6-13(12)21-11/h3-7,11H,2,8-9H2,1H3,(H,17,18,19). The molecule has 0 amide bonds. The third kappa shape index (κ3) is 3.36. The summed E-state index contributed by atoms with van der Waals surface area (Å²) in [5.74, 6) is 2.06. The maximum atomic E-state index is 5.97. The molecule has 1 N–H and O–H groups in total. The van der Waals surface area contributed by atoms with Crippen molar-refractivity contribution < 1.29 is 9.47 Å². The number of aryl methyl sites for hydroxylation is 1. The highest BCUT2D eigenvalue weighted by Crippen LogP contribution is 2.30. The van der Waals surface area contributed by atoms with E-state index in [1.54, 1.807) is 6.07 Å². The number of ether oxygens (including phenoxy) is 2. The Morgan fingerprint density at radius 3 is 2.90 bits per heavy atom. The Kier molecular flexibility index (Phi) is 4.10. The first-order valence-corrected chi connectivity index (χ1v) is 7.28. The average molecular weight is 306 g/mol. The predicted molar refractivity (Wildman–Crippen MR) is 81.3 cm³/mol. The molecule has 2 aromatic rings. The van der Waals surface area contributed by atoms with E-state index in [1.165, 1.54) is 0 Å². The number of halogens is 1. The predicted octanol–water partition coefficient (Wildman–Crippen LogP) is 2.94. The van der Waals surface area contributed by atoms with Crippen LogP contribution < -0.4 is 14.8 Å². The van der Waals surface area contributed by atoms with Gasteiger partial charge in [-0.2, -0.15) is 0 Å². The molecule has 1 atom stereocenters. The fourth-order valence-corrected chi connectivity index (χ4v) is 2.30. The Hall–Kier alpha value is -2.01. The van der Waals surface area contributed by atoms with Crippen LogP contribution in [-0.4, -0.2) is 29.2 Å². The van der Waals surface area contributed by atoms with E-state index in [2.05, 4.69) is 15.3 Å². The van der Waals surface area contributed by atoms with Gasteiger partial charge in [-0.1, -0.05) is 30.7 Å². The van der Waals surface area contributed by atoms with Crippen molar-refractivity contribution in [3.63, 3.8) is 0 Å². The quantitative estimate of drug-likeness (QED) is 0.880. The molecule has 6 heteroatoms. The number of nitrogens with one attached hydrogen (secondary N) is 1. The summed E-state index contributed by atoms with van der Waals surface area (Å²) in [6, 6.07) is 9.40. The highest BCUT2D eigenvalue weighted by atomic mass is 35.5. The fraction of sp³-hybridized carbons (Fsp3) is 0.333. The van der Waals surface area contributed by atoms with Crippen LogP contribution >= 0.6 is 11.6 Å². The maximum absolute atomic E-state index is 5.97. The van der Waals surface area contributed by atoms with Gasteiger partial charge >= 0.3 is 0 Å². The van der Waals surface area contributed by atoms with Crippen molar-refractivity contribution >= 4 is 17.5 Å². The molecule has 5 nitrogen and oxygen atoms in total. The molecule has 110 valence electrons. The molecular weight excluding hydrogens is 290 g/mol. The van der Waals surface area contributed by atoms with Crippen molar-refractivity contribution in [3.05, 3.63) is 41.2 Å². The number of hydrogen-bond donors (Lipinski definition) is 1. The molecular formula is C15H16ClN3O2. The molecule has 1 aromatic carbocycles. The number of fused-ring (bicyclic) bond motifs is 1. The monoisotopic (exact) mass is 305 g/mol. The molecule has 0 bridgehead atoms. The van der Waals surface area contributed by atoms with E-state index in [0.717, 1.165) is 23.6 Å². The third-order valence-corrected chi connectivity index (χ3v) is 3.36. The van der Waals surface area contributed by atoms with E-state index in [9.17, 15) is 0 Å². The Balaban J connectivity index is 1.63. The highest BCUT2D eigenvalue weighted by Gasteiger charge is 2.20. The molecule has 1 aliphatic heterocycles. The van der Waals surface area contributed by atoms with Crippen LogP contribution in [0, 0.1) is 0 Å². The van der Waals surface area contributed by atoms with Crippen LogP contribution in [0.3, 0.4) is 0 Å². The van der Waals surface area contributed by atoms with Crippen molar-refractivity contribution in [1.29, 1.82) is 0 Å². The summed E-state index contributed by atoms with van der Waals surface area (Å²) in [7, 11) is 0. The van der Waals surface area contributed by atoms with Gasteiger partial charge in [0.15, 0.2) is 11.5 Å². The van der Waals surface area contributed by atoms with Crippen molar-refractivity contribution in [2.75, 3.05) is 18.5 Å². The van der Waals surface area contributed by atoms with Gasteiger partial charge in [0.05, 0.1) is 6.54 Å². The SMILES string of the molecule is CCc1cc(Cl)nc(NCC2COc3ccccc3O2)n1. The fourth-order valence-electron chi connectivity index (χ4n) is 2.09. The topological polar surface area (TPSA) is 56.3 Å². The largest absolute Gasteiger partial charge is 0.486 e. The normalized spacial score (nSPS) is 16.6. The lowest BCUT2D eigenvalue weighted by Gasteiger charge is -2.26. The summed E-state index contributed by atoms with van der Waals surface area (Å²) >= 11 is 5.97. The zero-order valence-corrected chi connectivity index (χ0v) is 12.4. The molecule has 1 unspecified atom stereocenters. The third-order valence-electron chi connectivity index (χ3n) is 3.17. The van der Waals surface area contributed by atoms with Gasteiger partial charge in [0.1, 0.15) is 17.9 Å². The van der Waals surface area contributed by atoms with E-state index in [-0.39, 0.29) is 6.10 Å². The molecule has 1 aromatic heterocycles.